The van der Waals surface area contributed by atoms with Crippen LogP contribution in [0, 0.1) is 0 Å². The Bertz CT molecular complexity index is 887. The summed E-state index contributed by atoms with van der Waals surface area (Å²) in [4.78, 5) is 35.5. The van der Waals surface area contributed by atoms with E-state index in [2.05, 4.69) is 11.6 Å². The molecule has 1 aromatic heterocycles. The van der Waals surface area contributed by atoms with Gasteiger partial charge >= 0.3 is 13.3 Å². The monoisotopic (exact) mass is 420 g/mol. The number of hydrogen-bond donors (Lipinski definition) is 5. The SMILES string of the molecule is C=Cc1cn(C2O[C@H](CC(C)OP(=O)(O)C(C)(C)O)[C@@H](O)[C@H]2O)c(=O)[nH]c1=O. The van der Waals surface area contributed by atoms with Gasteiger partial charge in [0.1, 0.15) is 12.2 Å². The van der Waals surface area contributed by atoms with Crippen LogP contribution in [0.2, 0.25) is 0 Å². The lowest BCUT2D eigenvalue weighted by Gasteiger charge is -2.28. The van der Waals surface area contributed by atoms with Gasteiger partial charge in [0.2, 0.25) is 0 Å². The summed E-state index contributed by atoms with van der Waals surface area (Å²) in [7, 11) is -4.37. The molecule has 158 valence electrons. The van der Waals surface area contributed by atoms with E-state index in [0.717, 1.165) is 24.6 Å². The minimum absolute atomic E-state index is 0.0661. The molecule has 0 aromatic carbocycles. The molecule has 0 saturated carbocycles. The van der Waals surface area contributed by atoms with E-state index in [0.29, 0.717) is 0 Å². The molecule has 1 aliphatic rings. The van der Waals surface area contributed by atoms with Crippen molar-refractivity contribution in [1.82, 2.24) is 9.55 Å². The zero-order valence-corrected chi connectivity index (χ0v) is 16.6. The Balaban J connectivity index is 2.19. The molecule has 28 heavy (non-hydrogen) atoms. The maximum atomic E-state index is 12.1. The summed E-state index contributed by atoms with van der Waals surface area (Å²) in [6, 6.07) is 0. The second kappa shape index (κ2) is 8.03. The van der Waals surface area contributed by atoms with Crippen LogP contribution in [0.4, 0.5) is 0 Å². The van der Waals surface area contributed by atoms with Crippen molar-refractivity contribution < 1.29 is 34.0 Å². The van der Waals surface area contributed by atoms with Crippen LogP contribution >= 0.6 is 7.60 Å². The van der Waals surface area contributed by atoms with Crippen LogP contribution in [-0.4, -0.2) is 59.5 Å². The average molecular weight is 420 g/mol. The topological polar surface area (TPSA) is 171 Å². The highest BCUT2D eigenvalue weighted by atomic mass is 31.2. The van der Waals surface area contributed by atoms with E-state index in [4.69, 9.17) is 9.26 Å². The molecule has 6 atom stereocenters. The second-order valence-electron chi connectivity index (χ2n) is 7.17. The van der Waals surface area contributed by atoms with Crippen molar-refractivity contribution in [3.8, 4) is 0 Å². The lowest BCUT2D eigenvalue weighted by Crippen LogP contribution is -2.38. The molecule has 12 heteroatoms. The number of aliphatic hydroxyl groups is 3. The maximum absolute atomic E-state index is 12.1. The minimum Gasteiger partial charge on any atom is -0.388 e. The number of rotatable bonds is 7. The van der Waals surface area contributed by atoms with Crippen LogP contribution in [0.3, 0.4) is 0 Å². The summed E-state index contributed by atoms with van der Waals surface area (Å²) in [6.45, 7) is 7.14. The smallest absolute Gasteiger partial charge is 0.359 e. The van der Waals surface area contributed by atoms with Gasteiger partial charge in [0.05, 0.1) is 17.8 Å². The van der Waals surface area contributed by atoms with Crippen LogP contribution < -0.4 is 11.2 Å². The first-order valence-electron chi connectivity index (χ1n) is 8.51. The van der Waals surface area contributed by atoms with E-state index in [1.165, 1.54) is 13.0 Å². The van der Waals surface area contributed by atoms with E-state index < -0.39 is 54.8 Å². The van der Waals surface area contributed by atoms with Gasteiger partial charge in [-0.25, -0.2) is 4.79 Å². The summed E-state index contributed by atoms with van der Waals surface area (Å²) in [5.41, 5.74) is -1.44. The molecule has 1 fully saturated rings. The van der Waals surface area contributed by atoms with Crippen molar-refractivity contribution in [1.29, 1.82) is 0 Å². The van der Waals surface area contributed by atoms with Gasteiger partial charge in [0.25, 0.3) is 5.56 Å². The largest absolute Gasteiger partial charge is 0.388 e. The highest BCUT2D eigenvalue weighted by Crippen LogP contribution is 2.54. The molecule has 2 rings (SSSR count). The molecule has 1 aliphatic heterocycles. The Morgan fingerprint density at radius 1 is 1.43 bits per heavy atom. The maximum Gasteiger partial charge on any atom is 0.359 e. The van der Waals surface area contributed by atoms with Crippen molar-refractivity contribution >= 4 is 13.7 Å². The molecule has 2 heterocycles. The first-order valence-corrected chi connectivity index (χ1v) is 10.1. The Morgan fingerprint density at radius 3 is 2.57 bits per heavy atom. The molecule has 5 N–H and O–H groups in total. The molecule has 0 amide bonds. The number of hydrogen-bond acceptors (Lipinski definition) is 8. The zero-order valence-electron chi connectivity index (χ0n) is 15.7. The number of nitrogens with zero attached hydrogens (tertiary/aromatic N) is 1. The highest BCUT2D eigenvalue weighted by molar-refractivity contribution is 7.54. The fraction of sp³-hybridized carbons (Fsp3) is 0.625. The average Bonchev–Trinajstić information content (AvgIpc) is 2.82. The summed E-state index contributed by atoms with van der Waals surface area (Å²) in [5, 5.41) is 28.3. The molecule has 0 bridgehead atoms. The van der Waals surface area contributed by atoms with Crippen LogP contribution in [0.15, 0.2) is 22.4 Å². The van der Waals surface area contributed by atoms with Crippen LogP contribution in [-0.2, 0) is 13.8 Å². The quantitative estimate of drug-likeness (QED) is 0.365. The number of aliphatic hydroxyl groups excluding tert-OH is 2. The lowest BCUT2D eigenvalue weighted by atomic mass is 10.1. The number of ether oxygens (including phenoxy) is 1. The molecule has 0 spiro atoms. The van der Waals surface area contributed by atoms with Gasteiger partial charge in [-0.05, 0) is 20.8 Å². The van der Waals surface area contributed by atoms with Gasteiger partial charge in [-0.3, -0.25) is 18.9 Å². The molecule has 1 aromatic rings. The fourth-order valence-electron chi connectivity index (χ4n) is 2.73. The van der Waals surface area contributed by atoms with E-state index in [1.807, 2.05) is 0 Å². The molecule has 3 unspecified atom stereocenters. The van der Waals surface area contributed by atoms with Crippen molar-refractivity contribution in [2.24, 2.45) is 0 Å². The van der Waals surface area contributed by atoms with Gasteiger partial charge in [0.15, 0.2) is 11.6 Å². The van der Waals surface area contributed by atoms with Gasteiger partial charge in [-0.2, -0.15) is 0 Å². The number of aromatic nitrogens is 2. The standard InChI is InChI=1S/C16H25N2O9P/c1-5-9-7-18(15(22)17-13(9)21)14-12(20)11(19)10(26-14)6-8(2)27-28(24,25)16(3,4)23/h5,7-8,10-12,14,19-20,23H,1,6H2,2-4H3,(H,24,25)(H,17,21,22)/t8?,10-,11-,12-,14?/m1/s1. The fourth-order valence-corrected chi connectivity index (χ4v) is 3.56. The van der Waals surface area contributed by atoms with Gasteiger partial charge in [-0.15, -0.1) is 0 Å². The van der Waals surface area contributed by atoms with Crippen molar-refractivity contribution in [2.75, 3.05) is 0 Å². The molecule has 0 aliphatic carbocycles. The zero-order chi connectivity index (χ0) is 21.4. The molecule has 1 saturated heterocycles. The predicted molar refractivity (Wildman–Crippen MR) is 98.6 cm³/mol. The van der Waals surface area contributed by atoms with E-state index in [9.17, 15) is 34.4 Å². The predicted octanol–water partition coefficient (Wildman–Crippen LogP) is -0.492. The third-order valence-electron chi connectivity index (χ3n) is 4.41. The first-order chi connectivity index (χ1) is 12.8. The van der Waals surface area contributed by atoms with Crippen LogP contribution in [0.5, 0.6) is 0 Å². The third-order valence-corrected chi connectivity index (χ3v) is 6.43. The summed E-state index contributed by atoms with van der Waals surface area (Å²) < 4.78 is 23.5. The lowest BCUT2D eigenvalue weighted by molar-refractivity contribution is -0.0510. The van der Waals surface area contributed by atoms with Crippen LogP contribution in [0.25, 0.3) is 6.08 Å². The van der Waals surface area contributed by atoms with Gasteiger partial charge in [-0.1, -0.05) is 12.7 Å². The second-order valence-corrected chi connectivity index (χ2v) is 9.51. The van der Waals surface area contributed by atoms with Crippen molar-refractivity contribution in [3.63, 3.8) is 0 Å². The van der Waals surface area contributed by atoms with Gasteiger partial charge < -0.3 is 29.5 Å². The third kappa shape index (κ3) is 4.52. The Morgan fingerprint density at radius 2 is 2.04 bits per heavy atom. The van der Waals surface area contributed by atoms with Crippen LogP contribution in [0.1, 0.15) is 39.0 Å². The summed E-state index contributed by atoms with van der Waals surface area (Å²) in [5.74, 6) is 0. The minimum atomic E-state index is -4.37. The number of H-pyrrole nitrogens is 1. The highest BCUT2D eigenvalue weighted by Gasteiger charge is 2.46. The van der Waals surface area contributed by atoms with E-state index in [-0.39, 0.29) is 12.0 Å². The van der Waals surface area contributed by atoms with Crippen molar-refractivity contribution in [3.05, 3.63) is 39.2 Å². The van der Waals surface area contributed by atoms with E-state index >= 15 is 0 Å². The molecule has 11 nitrogen and oxygen atoms in total. The summed E-state index contributed by atoms with van der Waals surface area (Å²) in [6.07, 6.45) is -3.95. The summed E-state index contributed by atoms with van der Waals surface area (Å²) >= 11 is 0. The van der Waals surface area contributed by atoms with E-state index in [1.54, 1.807) is 0 Å². The Labute approximate surface area is 160 Å². The molecule has 0 radical (unpaired) electrons. The van der Waals surface area contributed by atoms with Gasteiger partial charge in [0, 0.05) is 12.6 Å². The number of nitrogens with one attached hydrogen (secondary N) is 1. The molecular weight excluding hydrogens is 395 g/mol. The van der Waals surface area contributed by atoms with Crippen molar-refractivity contribution in [2.45, 2.75) is 63.2 Å². The Kier molecular flexibility index (Phi) is 6.51. The Hall–Kier alpha value is -1.59. The number of aromatic amines is 1. The normalized spacial score (nSPS) is 28.7. The first kappa shape index (κ1) is 22.7. The molecular formula is C16H25N2O9P.